The molecule has 0 bridgehead atoms. The number of rotatable bonds is 8. The van der Waals surface area contributed by atoms with Crippen molar-refractivity contribution in [1.29, 1.82) is 0 Å². The average Bonchev–Trinajstić information content (AvgIpc) is 3.44. The lowest BCUT2D eigenvalue weighted by Gasteiger charge is -2.37. The molecule has 2 aliphatic carbocycles. The molecule has 202 valence electrons. The third-order valence-electron chi connectivity index (χ3n) is 7.89. The summed E-state index contributed by atoms with van der Waals surface area (Å²) in [5, 5.41) is 0. The number of alkyl halides is 3. The largest absolute Gasteiger partial charge is 0.417 e. The van der Waals surface area contributed by atoms with E-state index in [1.54, 1.807) is 12.0 Å². The van der Waals surface area contributed by atoms with Crippen LogP contribution in [0.1, 0.15) is 62.3 Å². The van der Waals surface area contributed by atoms with Crippen LogP contribution in [0.2, 0.25) is 0 Å². The van der Waals surface area contributed by atoms with Gasteiger partial charge in [-0.1, -0.05) is 44.2 Å². The Balaban J connectivity index is 0.000000886. The molecule has 1 amide bonds. The van der Waals surface area contributed by atoms with Crippen molar-refractivity contribution in [2.24, 2.45) is 23.2 Å². The van der Waals surface area contributed by atoms with Crippen LogP contribution in [0.3, 0.4) is 0 Å². The second-order valence-electron chi connectivity index (χ2n) is 10.3. The van der Waals surface area contributed by atoms with E-state index in [1.165, 1.54) is 6.08 Å². The van der Waals surface area contributed by atoms with Crippen molar-refractivity contribution < 1.29 is 22.7 Å². The summed E-state index contributed by atoms with van der Waals surface area (Å²) < 4.78 is 44.7. The Morgan fingerprint density at radius 3 is 2.84 bits per heavy atom. The molecule has 0 N–H and O–H groups in total. The Morgan fingerprint density at radius 1 is 1.43 bits per heavy atom. The maximum Gasteiger partial charge on any atom is 0.417 e. The van der Waals surface area contributed by atoms with Crippen LogP contribution in [0.5, 0.6) is 0 Å². The van der Waals surface area contributed by atoms with E-state index in [2.05, 4.69) is 30.6 Å². The summed E-state index contributed by atoms with van der Waals surface area (Å²) in [6.45, 7) is 12.3. The Labute approximate surface area is 219 Å². The van der Waals surface area contributed by atoms with Gasteiger partial charge >= 0.3 is 6.18 Å². The summed E-state index contributed by atoms with van der Waals surface area (Å²) in [7, 11) is 1.66. The smallest absolute Gasteiger partial charge is 0.384 e. The van der Waals surface area contributed by atoms with E-state index in [-0.39, 0.29) is 18.4 Å². The van der Waals surface area contributed by atoms with E-state index in [4.69, 9.17) is 11.3 Å². The summed E-state index contributed by atoms with van der Waals surface area (Å²) in [6, 6.07) is 1.16. The number of nitrogens with zero attached hydrogens (tertiary/aromatic N) is 2. The van der Waals surface area contributed by atoms with Gasteiger partial charge in [-0.15, -0.1) is 6.58 Å². The SMILES string of the molecule is C=CCC.[CH]=C[CH][C@H](/C=C\[C@@H]1C[C@H]2CCC[C@@]2(C(=O)N2CCc3ncc(C(F)(F)F)cc3C2)C1)COC. The van der Waals surface area contributed by atoms with Gasteiger partial charge in [-0.25, -0.2) is 0 Å². The van der Waals surface area contributed by atoms with E-state index in [0.717, 1.165) is 50.8 Å². The molecule has 0 unspecified atom stereocenters. The lowest BCUT2D eigenvalue weighted by molar-refractivity contribution is -0.144. The molecule has 3 aliphatic rings. The van der Waals surface area contributed by atoms with E-state index in [1.807, 2.05) is 12.5 Å². The molecule has 4 atom stereocenters. The molecule has 2 saturated carbocycles. The number of hydrogen-bond donors (Lipinski definition) is 0. The number of methoxy groups -OCH3 is 1. The minimum atomic E-state index is -4.44. The van der Waals surface area contributed by atoms with Crippen molar-refractivity contribution >= 4 is 5.91 Å². The number of allylic oxidation sites excluding steroid dienone is 3. The van der Waals surface area contributed by atoms with Gasteiger partial charge < -0.3 is 9.64 Å². The normalized spacial score (nSPS) is 25.7. The number of amides is 1. The minimum absolute atomic E-state index is 0.0982. The van der Waals surface area contributed by atoms with E-state index >= 15 is 0 Å². The molecule has 37 heavy (non-hydrogen) atoms. The molecule has 1 aromatic rings. The van der Waals surface area contributed by atoms with Crippen LogP contribution in [0.15, 0.2) is 43.1 Å². The molecular weight excluding hydrogens is 477 g/mol. The van der Waals surface area contributed by atoms with Gasteiger partial charge in [0.05, 0.1) is 17.6 Å². The summed E-state index contributed by atoms with van der Waals surface area (Å²) >= 11 is 0. The van der Waals surface area contributed by atoms with Gasteiger partial charge in [0, 0.05) is 44.4 Å². The van der Waals surface area contributed by atoms with Gasteiger partial charge in [-0.05, 0) is 62.0 Å². The van der Waals surface area contributed by atoms with Crippen LogP contribution in [-0.2, 0) is 28.7 Å². The summed E-state index contributed by atoms with van der Waals surface area (Å²) in [4.78, 5) is 19.6. The van der Waals surface area contributed by atoms with Crippen LogP contribution in [0, 0.1) is 36.2 Å². The van der Waals surface area contributed by atoms with Crippen LogP contribution < -0.4 is 0 Å². The third-order valence-corrected chi connectivity index (χ3v) is 7.89. The first-order chi connectivity index (χ1) is 17.7. The molecule has 7 heteroatoms. The molecule has 4 nitrogen and oxygen atoms in total. The quantitative estimate of drug-likeness (QED) is 0.358. The van der Waals surface area contributed by atoms with E-state index in [9.17, 15) is 18.0 Å². The predicted octanol–water partition coefficient (Wildman–Crippen LogP) is 6.78. The number of aromatic nitrogens is 1. The fourth-order valence-electron chi connectivity index (χ4n) is 6.07. The van der Waals surface area contributed by atoms with Gasteiger partial charge in [0.25, 0.3) is 0 Å². The zero-order chi connectivity index (χ0) is 27.1. The summed E-state index contributed by atoms with van der Waals surface area (Å²) in [6.07, 6.45) is 12.3. The molecule has 2 radical (unpaired) electrons. The topological polar surface area (TPSA) is 42.4 Å². The van der Waals surface area contributed by atoms with Gasteiger partial charge in [-0.3, -0.25) is 9.78 Å². The average molecular weight is 517 g/mol. The number of carbonyl (C=O) groups excluding carboxylic acids is 1. The maximum atomic E-state index is 13.8. The standard InChI is InChI=1S/C26H31F3N2O2.C4H8/c1-3-5-18(17-33-2)7-8-19-12-21-6-4-10-25(21,14-19)24(32)31-11-9-23-20(16-31)13-22(15-30-23)26(27,28)29;1-3-4-2/h1,3,5,7-8,13,15,18-19,21H,4,6,9-12,14,16-17H2,2H3;3H,1,4H2,2H3/b3-1?,8-7-;/t18-,19-,21-,25-;/m1./s1. The molecule has 2 fully saturated rings. The van der Waals surface area contributed by atoms with Crippen molar-refractivity contribution in [1.82, 2.24) is 9.88 Å². The van der Waals surface area contributed by atoms with Gasteiger partial charge in [0.1, 0.15) is 0 Å². The van der Waals surface area contributed by atoms with Crippen LogP contribution in [0.4, 0.5) is 13.2 Å². The first-order valence-corrected chi connectivity index (χ1v) is 13.2. The molecule has 1 aromatic heterocycles. The molecular formula is C30H39F3N2O2. The van der Waals surface area contributed by atoms with Crippen LogP contribution in [-0.4, -0.2) is 36.1 Å². The Hall–Kier alpha value is -2.41. The van der Waals surface area contributed by atoms with Gasteiger partial charge in [0.15, 0.2) is 0 Å². The lowest BCUT2D eigenvalue weighted by Crippen LogP contribution is -2.46. The molecule has 0 spiro atoms. The fourth-order valence-corrected chi connectivity index (χ4v) is 6.07. The monoisotopic (exact) mass is 516 g/mol. The molecule has 0 aromatic carbocycles. The highest BCUT2D eigenvalue weighted by atomic mass is 19.4. The first-order valence-electron chi connectivity index (χ1n) is 13.2. The number of hydrogen-bond acceptors (Lipinski definition) is 3. The van der Waals surface area contributed by atoms with Crippen LogP contribution in [0.25, 0.3) is 0 Å². The van der Waals surface area contributed by atoms with Crippen molar-refractivity contribution in [3.63, 3.8) is 0 Å². The fraction of sp³-hybridized carbons (Fsp3) is 0.567. The highest BCUT2D eigenvalue weighted by molar-refractivity contribution is 5.84. The van der Waals surface area contributed by atoms with Crippen molar-refractivity contribution in [3.8, 4) is 0 Å². The van der Waals surface area contributed by atoms with E-state index in [0.29, 0.717) is 42.7 Å². The van der Waals surface area contributed by atoms with Crippen molar-refractivity contribution in [2.75, 3.05) is 20.3 Å². The second kappa shape index (κ2) is 12.9. The van der Waals surface area contributed by atoms with Crippen molar-refractivity contribution in [3.05, 3.63) is 73.0 Å². The number of pyridine rings is 1. The lowest BCUT2D eigenvalue weighted by atomic mass is 9.78. The number of fused-ring (bicyclic) bond motifs is 2. The number of halogens is 3. The second-order valence-corrected chi connectivity index (χ2v) is 10.3. The number of carbonyl (C=O) groups is 1. The Kier molecular flexibility index (Phi) is 10.2. The third kappa shape index (κ3) is 6.92. The zero-order valence-electron chi connectivity index (χ0n) is 22.0. The molecule has 1 aliphatic heterocycles. The predicted molar refractivity (Wildman–Crippen MR) is 139 cm³/mol. The maximum absolute atomic E-state index is 13.8. The van der Waals surface area contributed by atoms with E-state index < -0.39 is 17.2 Å². The Bertz CT molecular complexity index is 974. The molecule has 4 rings (SSSR count). The zero-order valence-corrected chi connectivity index (χ0v) is 22.0. The summed E-state index contributed by atoms with van der Waals surface area (Å²) in [5.74, 6) is 0.840. The molecule has 2 heterocycles. The highest BCUT2D eigenvalue weighted by Gasteiger charge is 2.55. The number of ether oxygens (including phenoxy) is 1. The minimum Gasteiger partial charge on any atom is -0.384 e. The van der Waals surface area contributed by atoms with Crippen LogP contribution >= 0.6 is 0 Å². The van der Waals surface area contributed by atoms with Gasteiger partial charge in [0.2, 0.25) is 5.91 Å². The van der Waals surface area contributed by atoms with Gasteiger partial charge in [-0.2, -0.15) is 13.2 Å². The molecule has 0 saturated heterocycles. The Morgan fingerprint density at radius 2 is 2.19 bits per heavy atom. The first kappa shape index (κ1) is 29.2. The highest BCUT2D eigenvalue weighted by Crippen LogP contribution is 2.58. The van der Waals surface area contributed by atoms with Crippen molar-refractivity contribution in [2.45, 2.75) is 64.6 Å². The summed E-state index contributed by atoms with van der Waals surface area (Å²) in [5.41, 5.74) is 0.0236.